The molecule has 1 aliphatic heterocycles. The van der Waals surface area contributed by atoms with E-state index >= 15 is 0 Å². The summed E-state index contributed by atoms with van der Waals surface area (Å²) in [5.74, 6) is 0.398. The third kappa shape index (κ3) is 5.43. The van der Waals surface area contributed by atoms with E-state index in [0.717, 1.165) is 16.7 Å². The Labute approximate surface area is 175 Å². The first-order valence-electron chi connectivity index (χ1n) is 10.3. The van der Waals surface area contributed by atoms with Crippen LogP contribution in [0.2, 0.25) is 0 Å². The zero-order chi connectivity index (χ0) is 21.7. The second-order valence-corrected chi connectivity index (χ2v) is 7.97. The zero-order valence-electron chi connectivity index (χ0n) is 17.3. The molecule has 0 aromatic heterocycles. The summed E-state index contributed by atoms with van der Waals surface area (Å²) in [6.45, 7) is 2.40. The summed E-state index contributed by atoms with van der Waals surface area (Å²) >= 11 is 0. The van der Waals surface area contributed by atoms with Gasteiger partial charge in [0.1, 0.15) is 11.5 Å². The molecule has 0 spiro atoms. The Bertz CT molecular complexity index is 872. The van der Waals surface area contributed by atoms with Gasteiger partial charge in [-0.3, -0.25) is 9.59 Å². The highest BCUT2D eigenvalue weighted by atomic mass is 19.3. The fourth-order valence-electron chi connectivity index (χ4n) is 3.90. The molecule has 2 aromatic carbocycles. The summed E-state index contributed by atoms with van der Waals surface area (Å²) in [4.78, 5) is 27.5. The third-order valence-corrected chi connectivity index (χ3v) is 5.58. The number of benzene rings is 2. The molecule has 0 aliphatic carbocycles. The summed E-state index contributed by atoms with van der Waals surface area (Å²) < 4.78 is 28.8. The van der Waals surface area contributed by atoms with Crippen molar-refractivity contribution in [2.45, 2.75) is 45.6 Å². The average molecular weight is 415 g/mol. The van der Waals surface area contributed by atoms with Gasteiger partial charge in [0.15, 0.2) is 0 Å². The van der Waals surface area contributed by atoms with Gasteiger partial charge in [-0.1, -0.05) is 44.2 Å². The number of alkyl halides is 2. The van der Waals surface area contributed by atoms with Crippen molar-refractivity contribution in [3.8, 4) is 5.75 Å². The maximum atomic E-state index is 13.0. The summed E-state index contributed by atoms with van der Waals surface area (Å²) in [7, 11) is 0. The van der Waals surface area contributed by atoms with Gasteiger partial charge in [-0.15, -0.1) is 0 Å². The maximum absolute atomic E-state index is 13.0. The number of piperidine rings is 1. The number of Topliss-reactive ketones (excluding diaryl/α,β-unsaturated/α-hetero) is 1. The first kappa shape index (κ1) is 21.9. The smallest absolute Gasteiger partial charge is 0.387 e. The zero-order valence-corrected chi connectivity index (χ0v) is 17.3. The van der Waals surface area contributed by atoms with Crippen molar-refractivity contribution in [1.29, 1.82) is 0 Å². The van der Waals surface area contributed by atoms with Crippen LogP contribution in [0, 0.1) is 5.92 Å². The Hall–Kier alpha value is -2.76. The molecule has 30 heavy (non-hydrogen) atoms. The lowest BCUT2D eigenvalue weighted by Gasteiger charge is -2.32. The van der Waals surface area contributed by atoms with Crippen LogP contribution < -0.4 is 4.74 Å². The summed E-state index contributed by atoms with van der Waals surface area (Å²) in [6, 6.07) is 13.9. The molecule has 1 fully saturated rings. The lowest BCUT2D eigenvalue weighted by molar-refractivity contribution is -0.123. The van der Waals surface area contributed by atoms with Gasteiger partial charge < -0.3 is 9.64 Å². The van der Waals surface area contributed by atoms with Gasteiger partial charge in [0.05, 0.1) is 0 Å². The van der Waals surface area contributed by atoms with Crippen molar-refractivity contribution in [1.82, 2.24) is 4.90 Å². The predicted octanol–water partition coefficient (Wildman–Crippen LogP) is 5.08. The lowest BCUT2D eigenvalue weighted by Crippen LogP contribution is -2.40. The summed E-state index contributed by atoms with van der Waals surface area (Å²) in [5, 5.41) is 0. The van der Waals surface area contributed by atoms with Crippen LogP contribution in [0.25, 0.3) is 0 Å². The molecule has 160 valence electrons. The van der Waals surface area contributed by atoms with Crippen molar-refractivity contribution in [3.05, 3.63) is 65.2 Å². The highest BCUT2D eigenvalue weighted by molar-refractivity contribution is 5.96. The van der Waals surface area contributed by atoms with Gasteiger partial charge in [0.2, 0.25) is 0 Å². The van der Waals surface area contributed by atoms with Gasteiger partial charge in [-0.25, -0.2) is 0 Å². The second kappa shape index (κ2) is 9.83. The van der Waals surface area contributed by atoms with E-state index in [1.165, 1.54) is 12.1 Å². The number of carbonyl (C=O) groups excluding carboxylic acids is 2. The number of likely N-dealkylation sites (tertiary alicyclic amines) is 1. The summed E-state index contributed by atoms with van der Waals surface area (Å²) in [6.07, 6.45) is 1.53. The number of amides is 1. The van der Waals surface area contributed by atoms with E-state index in [0.29, 0.717) is 25.9 Å². The molecule has 6 heteroatoms. The third-order valence-electron chi connectivity index (χ3n) is 5.58. The van der Waals surface area contributed by atoms with Crippen LogP contribution in [0.5, 0.6) is 5.75 Å². The van der Waals surface area contributed by atoms with Crippen molar-refractivity contribution >= 4 is 11.7 Å². The van der Waals surface area contributed by atoms with Crippen molar-refractivity contribution < 1.29 is 23.1 Å². The van der Waals surface area contributed by atoms with E-state index in [-0.39, 0.29) is 35.7 Å². The minimum absolute atomic E-state index is 0.0276. The number of nitrogens with zero attached hydrogens (tertiary/aromatic N) is 1. The van der Waals surface area contributed by atoms with E-state index in [2.05, 4.69) is 18.6 Å². The van der Waals surface area contributed by atoms with Crippen LogP contribution in [0.3, 0.4) is 0 Å². The highest BCUT2D eigenvalue weighted by Gasteiger charge is 2.28. The van der Waals surface area contributed by atoms with Crippen molar-refractivity contribution in [2.24, 2.45) is 5.92 Å². The van der Waals surface area contributed by atoms with E-state index in [1.807, 2.05) is 29.2 Å². The van der Waals surface area contributed by atoms with E-state index in [4.69, 9.17) is 0 Å². The minimum atomic E-state index is -2.86. The molecule has 1 aliphatic rings. The van der Waals surface area contributed by atoms with Gasteiger partial charge in [0, 0.05) is 31.0 Å². The molecule has 2 aromatic rings. The van der Waals surface area contributed by atoms with Crippen molar-refractivity contribution in [2.75, 3.05) is 13.1 Å². The van der Waals surface area contributed by atoms with Crippen LogP contribution in [0.15, 0.2) is 48.5 Å². The molecular formula is C24H27F2NO3. The predicted molar refractivity (Wildman–Crippen MR) is 111 cm³/mol. The van der Waals surface area contributed by atoms with Crippen LogP contribution >= 0.6 is 0 Å². The number of ether oxygens (including phenoxy) is 1. The fourth-order valence-corrected chi connectivity index (χ4v) is 3.90. The topological polar surface area (TPSA) is 46.6 Å². The SMILES string of the molecule is CC(C)c1ccccc1C(=O)N1CCC(C(=O)Cc2ccc(OC(F)F)cc2)CC1. The second-order valence-electron chi connectivity index (χ2n) is 7.97. The molecule has 0 unspecified atom stereocenters. The van der Waals surface area contributed by atoms with Gasteiger partial charge in [-0.05, 0) is 48.1 Å². The molecule has 0 bridgehead atoms. The first-order chi connectivity index (χ1) is 14.3. The highest BCUT2D eigenvalue weighted by Crippen LogP contribution is 2.25. The largest absolute Gasteiger partial charge is 0.435 e. The lowest BCUT2D eigenvalue weighted by atomic mass is 9.88. The standard InChI is InChI=1S/C24H27F2NO3/c1-16(2)20-5-3-4-6-21(20)23(29)27-13-11-18(12-14-27)22(28)15-17-7-9-19(10-8-17)30-24(25)26/h3-10,16,18,24H,11-15H2,1-2H3. The van der Waals surface area contributed by atoms with E-state index < -0.39 is 6.61 Å². The number of rotatable bonds is 7. The number of ketones is 1. The molecule has 0 radical (unpaired) electrons. The van der Waals surface area contributed by atoms with E-state index in [9.17, 15) is 18.4 Å². The molecular weight excluding hydrogens is 388 g/mol. The van der Waals surface area contributed by atoms with Crippen LogP contribution in [0.1, 0.15) is 54.1 Å². The Morgan fingerprint density at radius 3 is 2.27 bits per heavy atom. The van der Waals surface area contributed by atoms with E-state index in [1.54, 1.807) is 12.1 Å². The molecule has 3 rings (SSSR count). The number of halogens is 2. The van der Waals surface area contributed by atoms with Crippen LogP contribution in [-0.2, 0) is 11.2 Å². The monoisotopic (exact) mass is 415 g/mol. The van der Waals surface area contributed by atoms with Crippen LogP contribution in [-0.4, -0.2) is 36.3 Å². The Morgan fingerprint density at radius 1 is 1.03 bits per heavy atom. The minimum Gasteiger partial charge on any atom is -0.435 e. The maximum Gasteiger partial charge on any atom is 0.387 e. The number of hydrogen-bond acceptors (Lipinski definition) is 3. The van der Waals surface area contributed by atoms with Gasteiger partial charge in [-0.2, -0.15) is 8.78 Å². The molecule has 0 N–H and O–H groups in total. The molecule has 1 saturated heterocycles. The molecule has 0 atom stereocenters. The molecule has 1 amide bonds. The van der Waals surface area contributed by atoms with Crippen LogP contribution in [0.4, 0.5) is 8.78 Å². The Balaban J connectivity index is 1.55. The normalized spacial score (nSPS) is 14.9. The molecule has 4 nitrogen and oxygen atoms in total. The quantitative estimate of drug-likeness (QED) is 0.634. The van der Waals surface area contributed by atoms with Gasteiger partial charge >= 0.3 is 6.61 Å². The number of hydrogen-bond donors (Lipinski definition) is 0. The number of carbonyl (C=O) groups is 2. The van der Waals surface area contributed by atoms with Gasteiger partial charge in [0.25, 0.3) is 5.91 Å². The average Bonchev–Trinajstić information content (AvgIpc) is 2.74. The Kier molecular flexibility index (Phi) is 7.19. The molecule has 0 saturated carbocycles. The Morgan fingerprint density at radius 2 is 1.67 bits per heavy atom. The van der Waals surface area contributed by atoms with Crippen molar-refractivity contribution in [3.63, 3.8) is 0 Å². The molecule has 1 heterocycles. The fraction of sp³-hybridized carbons (Fsp3) is 0.417. The first-order valence-corrected chi connectivity index (χ1v) is 10.3. The summed E-state index contributed by atoms with van der Waals surface area (Å²) in [5.41, 5.74) is 2.55.